The van der Waals surface area contributed by atoms with Gasteiger partial charge in [0.1, 0.15) is 0 Å². The first-order valence-electron chi connectivity index (χ1n) is 6.00. The second-order valence-electron chi connectivity index (χ2n) is 4.45. The number of hydrogen-bond donors (Lipinski definition) is 2. The first-order chi connectivity index (χ1) is 9.58. The summed E-state index contributed by atoms with van der Waals surface area (Å²) < 4.78 is 31.4. The van der Waals surface area contributed by atoms with Crippen LogP contribution in [0.1, 0.15) is 18.8 Å². The molecule has 0 aliphatic rings. The van der Waals surface area contributed by atoms with Crippen LogP contribution in [0.4, 0.5) is 8.78 Å². The third-order valence-corrected chi connectivity index (χ3v) is 3.94. The zero-order chi connectivity index (χ0) is 14.3. The van der Waals surface area contributed by atoms with Crippen molar-refractivity contribution in [3.8, 4) is 0 Å². The van der Waals surface area contributed by atoms with Gasteiger partial charge in [-0.05, 0) is 25.3 Å². The van der Waals surface area contributed by atoms with Crippen molar-refractivity contribution in [1.29, 1.82) is 0 Å². The van der Waals surface area contributed by atoms with E-state index in [1.165, 1.54) is 17.6 Å². The second-order valence-corrected chi connectivity index (χ2v) is 5.37. The summed E-state index contributed by atoms with van der Waals surface area (Å²) >= 11 is 1.43. The van der Waals surface area contributed by atoms with E-state index in [-0.39, 0.29) is 19.1 Å². The average Bonchev–Trinajstić information content (AvgIpc) is 3.13. The molecule has 0 bridgehead atoms. The summed E-state index contributed by atoms with van der Waals surface area (Å²) in [6.45, 7) is 3.41. The van der Waals surface area contributed by atoms with Gasteiger partial charge in [-0.3, -0.25) is 0 Å². The fourth-order valence-electron chi connectivity index (χ4n) is 2.01. The van der Waals surface area contributed by atoms with Gasteiger partial charge in [-0.25, -0.2) is 8.78 Å². The minimum Gasteiger partial charge on any atom is -0.460 e. The van der Waals surface area contributed by atoms with E-state index in [1.54, 1.807) is 19.9 Å². The van der Waals surface area contributed by atoms with Crippen LogP contribution in [0.3, 0.4) is 0 Å². The van der Waals surface area contributed by atoms with E-state index in [4.69, 9.17) is 4.42 Å². The number of aryl methyl sites for hydroxylation is 2. The van der Waals surface area contributed by atoms with Gasteiger partial charge in [0.05, 0.1) is 27.7 Å². The summed E-state index contributed by atoms with van der Waals surface area (Å²) in [5.41, 5.74) is 3.09. The quantitative estimate of drug-likeness (QED) is 0.441. The zero-order valence-corrected chi connectivity index (χ0v) is 11.7. The molecule has 0 unspecified atom stereocenters. The summed E-state index contributed by atoms with van der Waals surface area (Å²) in [4.78, 5) is 5.78. The smallest absolute Gasteiger partial charge is 0.187 e. The molecule has 0 spiro atoms. The van der Waals surface area contributed by atoms with Crippen LogP contribution in [-0.2, 0) is 0 Å². The van der Waals surface area contributed by atoms with Crippen molar-refractivity contribution in [2.45, 2.75) is 21.3 Å². The van der Waals surface area contributed by atoms with Crippen molar-refractivity contribution in [3.63, 3.8) is 0 Å². The minimum atomic E-state index is -0.292. The molecule has 4 heterocycles. The van der Waals surface area contributed by atoms with E-state index in [9.17, 15) is 8.78 Å². The Balaban J connectivity index is 0.000000147. The number of H-pyrrole nitrogens is 2. The van der Waals surface area contributed by atoms with Gasteiger partial charge in [0, 0.05) is 11.8 Å². The topological polar surface area (TPSA) is 44.7 Å². The average molecular weight is 310 g/mol. The first kappa shape index (κ1) is 15.3. The van der Waals surface area contributed by atoms with Gasteiger partial charge in [-0.1, -0.05) is 7.43 Å². The molecule has 4 aromatic heterocycles. The Morgan fingerprint density at radius 1 is 1.00 bits per heavy atom. The fraction of sp³-hybridized carbons (Fsp3) is 0.200. The highest BCUT2D eigenvalue weighted by Gasteiger charge is 2.09. The molecule has 0 aromatic carbocycles. The molecule has 3 nitrogen and oxygen atoms in total. The van der Waals surface area contributed by atoms with Gasteiger partial charge in [0.15, 0.2) is 17.2 Å². The number of thiophene rings is 1. The second kappa shape index (κ2) is 5.73. The Bertz CT molecular complexity index is 796. The van der Waals surface area contributed by atoms with E-state index in [1.807, 2.05) is 11.4 Å². The van der Waals surface area contributed by atoms with Crippen molar-refractivity contribution >= 4 is 32.7 Å². The van der Waals surface area contributed by atoms with E-state index in [0.717, 1.165) is 15.7 Å². The molecule has 0 saturated heterocycles. The Hall–Kier alpha value is -2.08. The summed E-state index contributed by atoms with van der Waals surface area (Å²) in [6, 6.07) is 3.58. The monoisotopic (exact) mass is 310 g/mol. The standard InChI is InChI=1S/C7H6FNO.C7H6FNS.CH4/c2*1-4-6(8)7-5(9-4)2-3-10-7;/h2*2-3,9H,1H3;1H4. The van der Waals surface area contributed by atoms with Gasteiger partial charge in [0.25, 0.3) is 0 Å². The lowest BCUT2D eigenvalue weighted by Gasteiger charge is -1.79. The molecular formula is C15H16F2N2OS. The van der Waals surface area contributed by atoms with Crippen molar-refractivity contribution < 1.29 is 13.2 Å². The van der Waals surface area contributed by atoms with Crippen molar-refractivity contribution in [2.24, 2.45) is 0 Å². The van der Waals surface area contributed by atoms with E-state index in [2.05, 4.69) is 9.97 Å². The first-order valence-corrected chi connectivity index (χ1v) is 6.88. The van der Waals surface area contributed by atoms with Gasteiger partial charge >= 0.3 is 0 Å². The van der Waals surface area contributed by atoms with Crippen LogP contribution in [-0.4, -0.2) is 9.97 Å². The molecule has 2 N–H and O–H groups in total. The predicted molar refractivity (Wildman–Crippen MR) is 82.9 cm³/mol. The Morgan fingerprint density at radius 3 is 2.33 bits per heavy atom. The van der Waals surface area contributed by atoms with Gasteiger partial charge < -0.3 is 14.4 Å². The van der Waals surface area contributed by atoms with Crippen molar-refractivity contribution in [2.75, 3.05) is 0 Å². The zero-order valence-electron chi connectivity index (χ0n) is 10.9. The van der Waals surface area contributed by atoms with E-state index < -0.39 is 0 Å². The van der Waals surface area contributed by atoms with E-state index >= 15 is 0 Å². The van der Waals surface area contributed by atoms with Crippen LogP contribution in [0.5, 0.6) is 0 Å². The molecule has 0 atom stereocenters. The number of aromatic nitrogens is 2. The molecule has 6 heteroatoms. The molecule has 112 valence electrons. The predicted octanol–water partition coefficient (Wildman–Crippen LogP) is 5.52. The fourth-order valence-corrected chi connectivity index (χ4v) is 2.85. The highest BCUT2D eigenvalue weighted by Crippen LogP contribution is 2.25. The van der Waals surface area contributed by atoms with E-state index in [0.29, 0.717) is 17.0 Å². The number of rotatable bonds is 0. The molecule has 0 saturated carbocycles. The highest BCUT2D eigenvalue weighted by molar-refractivity contribution is 7.17. The largest absolute Gasteiger partial charge is 0.460 e. The normalized spacial score (nSPS) is 10.5. The number of fused-ring (bicyclic) bond motifs is 2. The summed E-state index contributed by atoms with van der Waals surface area (Å²) in [5, 5.41) is 1.88. The molecule has 4 rings (SSSR count). The van der Waals surface area contributed by atoms with Crippen LogP contribution >= 0.6 is 11.3 Å². The Kier molecular flexibility index (Phi) is 4.18. The number of aromatic amines is 2. The maximum atomic E-state index is 13.0. The van der Waals surface area contributed by atoms with Crippen LogP contribution < -0.4 is 0 Å². The SMILES string of the molecule is C.Cc1[nH]c2ccoc2c1F.Cc1[nH]c2ccsc2c1F. The van der Waals surface area contributed by atoms with Crippen LogP contribution in [0.15, 0.2) is 28.2 Å². The molecular weight excluding hydrogens is 294 g/mol. The van der Waals surface area contributed by atoms with Crippen LogP contribution in [0.25, 0.3) is 21.3 Å². The third kappa shape index (κ3) is 2.58. The minimum absolute atomic E-state index is 0. The summed E-state index contributed by atoms with van der Waals surface area (Å²) in [6.07, 6.45) is 1.46. The molecule has 0 fully saturated rings. The van der Waals surface area contributed by atoms with Crippen LogP contribution in [0, 0.1) is 25.5 Å². The number of hydrogen-bond acceptors (Lipinski definition) is 2. The molecule has 0 amide bonds. The molecule has 21 heavy (non-hydrogen) atoms. The maximum Gasteiger partial charge on any atom is 0.187 e. The molecule has 0 aliphatic heterocycles. The highest BCUT2D eigenvalue weighted by atomic mass is 32.1. The van der Waals surface area contributed by atoms with Crippen LogP contribution in [0.2, 0.25) is 0 Å². The number of nitrogens with one attached hydrogen (secondary N) is 2. The lowest BCUT2D eigenvalue weighted by molar-refractivity contribution is 0.557. The Labute approximate surface area is 124 Å². The lowest BCUT2D eigenvalue weighted by atomic mass is 10.4. The third-order valence-electron chi connectivity index (χ3n) is 3.03. The number of halogens is 2. The molecule has 0 radical (unpaired) electrons. The van der Waals surface area contributed by atoms with Gasteiger partial charge in [-0.15, -0.1) is 11.3 Å². The van der Waals surface area contributed by atoms with Gasteiger partial charge in [-0.2, -0.15) is 0 Å². The molecule has 0 aliphatic carbocycles. The maximum absolute atomic E-state index is 13.0. The summed E-state index contributed by atoms with van der Waals surface area (Å²) in [5.74, 6) is -0.398. The van der Waals surface area contributed by atoms with Crippen molar-refractivity contribution in [1.82, 2.24) is 9.97 Å². The summed E-state index contributed by atoms with van der Waals surface area (Å²) in [7, 11) is 0. The van der Waals surface area contributed by atoms with Crippen molar-refractivity contribution in [3.05, 3.63) is 46.8 Å². The Morgan fingerprint density at radius 2 is 1.67 bits per heavy atom. The number of furan rings is 1. The van der Waals surface area contributed by atoms with Gasteiger partial charge in [0.2, 0.25) is 0 Å². The lowest BCUT2D eigenvalue weighted by Crippen LogP contribution is -1.72. The molecule has 4 aromatic rings.